The number of carbonyl (C=O) groups is 1. The van der Waals surface area contributed by atoms with Crippen LogP contribution in [0.2, 0.25) is 0 Å². The Hall–Kier alpha value is -3.67. The zero-order valence-corrected chi connectivity index (χ0v) is 17.3. The van der Waals surface area contributed by atoms with Gasteiger partial charge in [0.25, 0.3) is 5.91 Å². The Morgan fingerprint density at radius 2 is 1.53 bits per heavy atom. The highest BCUT2D eigenvalue weighted by atomic mass is 16.5. The Morgan fingerprint density at radius 3 is 2.20 bits per heavy atom. The lowest BCUT2D eigenvalue weighted by Crippen LogP contribution is -2.30. The van der Waals surface area contributed by atoms with Crippen LogP contribution in [0, 0.1) is 0 Å². The van der Waals surface area contributed by atoms with E-state index < -0.39 is 6.10 Å². The number of amides is 1. The van der Waals surface area contributed by atoms with Gasteiger partial charge in [-0.1, -0.05) is 30.3 Å². The number of anilines is 1. The molecule has 0 saturated heterocycles. The second-order valence-corrected chi connectivity index (χ2v) is 6.56. The summed E-state index contributed by atoms with van der Waals surface area (Å²) in [6.07, 6.45) is -0.686. The van der Waals surface area contributed by atoms with Crippen molar-refractivity contribution in [1.82, 2.24) is 0 Å². The average Bonchev–Trinajstić information content (AvgIpc) is 2.79. The minimum absolute atomic E-state index is 0.272. The maximum absolute atomic E-state index is 12.5. The third-order valence-electron chi connectivity index (χ3n) is 4.41. The van der Waals surface area contributed by atoms with Gasteiger partial charge in [0.15, 0.2) is 17.6 Å². The highest BCUT2D eigenvalue weighted by molar-refractivity contribution is 5.94. The quantitative estimate of drug-likeness (QED) is 0.557. The van der Waals surface area contributed by atoms with Gasteiger partial charge in [-0.25, -0.2) is 0 Å². The maximum Gasteiger partial charge on any atom is 0.265 e. The first kappa shape index (κ1) is 21.0. The van der Waals surface area contributed by atoms with Gasteiger partial charge in [0.1, 0.15) is 18.1 Å². The van der Waals surface area contributed by atoms with Crippen LogP contribution in [0.4, 0.5) is 5.69 Å². The zero-order chi connectivity index (χ0) is 21.3. The molecule has 1 amide bonds. The highest BCUT2D eigenvalue weighted by Gasteiger charge is 2.16. The second kappa shape index (κ2) is 10.2. The van der Waals surface area contributed by atoms with Crippen LogP contribution in [-0.4, -0.2) is 26.2 Å². The molecular formula is C24H25NO5. The van der Waals surface area contributed by atoms with Gasteiger partial charge in [0, 0.05) is 11.8 Å². The van der Waals surface area contributed by atoms with Gasteiger partial charge in [-0.2, -0.15) is 0 Å². The van der Waals surface area contributed by atoms with E-state index in [0.29, 0.717) is 29.5 Å². The number of carbonyl (C=O) groups excluding carboxylic acids is 1. The first-order valence-electron chi connectivity index (χ1n) is 9.55. The molecule has 3 aromatic carbocycles. The number of hydrogen-bond acceptors (Lipinski definition) is 5. The molecule has 156 valence electrons. The molecule has 6 heteroatoms. The predicted molar refractivity (Wildman–Crippen MR) is 115 cm³/mol. The molecule has 0 aromatic heterocycles. The Kier molecular flexibility index (Phi) is 7.16. The molecule has 3 aromatic rings. The standard InChI is InChI=1S/C24H25NO5/c1-17(24(26)25-19-9-14-22(27-2)23(15-19)28-3)30-21-12-10-20(11-13-21)29-16-18-7-5-4-6-8-18/h4-15,17H,16H2,1-3H3,(H,25,26). The monoisotopic (exact) mass is 407 g/mol. The summed E-state index contributed by atoms with van der Waals surface area (Å²) in [7, 11) is 3.10. The smallest absolute Gasteiger partial charge is 0.265 e. The fraction of sp³-hybridized carbons (Fsp3) is 0.208. The molecule has 30 heavy (non-hydrogen) atoms. The van der Waals surface area contributed by atoms with Gasteiger partial charge >= 0.3 is 0 Å². The van der Waals surface area contributed by atoms with Crippen molar-refractivity contribution in [2.75, 3.05) is 19.5 Å². The molecule has 0 aliphatic rings. The van der Waals surface area contributed by atoms with E-state index in [1.165, 1.54) is 0 Å². The van der Waals surface area contributed by atoms with E-state index in [0.717, 1.165) is 11.3 Å². The first-order valence-corrected chi connectivity index (χ1v) is 9.55. The van der Waals surface area contributed by atoms with E-state index in [1.54, 1.807) is 51.5 Å². The third kappa shape index (κ3) is 5.67. The molecule has 1 unspecified atom stereocenters. The maximum atomic E-state index is 12.5. The Labute approximate surface area is 176 Å². The largest absolute Gasteiger partial charge is 0.493 e. The van der Waals surface area contributed by atoms with Crippen LogP contribution in [0.3, 0.4) is 0 Å². The van der Waals surface area contributed by atoms with E-state index in [1.807, 2.05) is 42.5 Å². The van der Waals surface area contributed by atoms with Crippen molar-refractivity contribution >= 4 is 11.6 Å². The van der Waals surface area contributed by atoms with Gasteiger partial charge < -0.3 is 24.3 Å². The molecule has 1 atom stereocenters. The van der Waals surface area contributed by atoms with E-state index in [-0.39, 0.29) is 5.91 Å². The summed E-state index contributed by atoms with van der Waals surface area (Å²) in [5, 5.41) is 2.81. The summed E-state index contributed by atoms with van der Waals surface area (Å²) in [4.78, 5) is 12.5. The Balaban J connectivity index is 1.53. The van der Waals surface area contributed by atoms with Crippen LogP contribution in [0.15, 0.2) is 72.8 Å². The minimum Gasteiger partial charge on any atom is -0.493 e. The van der Waals surface area contributed by atoms with Gasteiger partial charge in [0.2, 0.25) is 0 Å². The lowest BCUT2D eigenvalue weighted by Gasteiger charge is -2.16. The van der Waals surface area contributed by atoms with E-state index in [2.05, 4.69) is 5.32 Å². The number of benzene rings is 3. The number of rotatable bonds is 9. The second-order valence-electron chi connectivity index (χ2n) is 6.56. The van der Waals surface area contributed by atoms with Crippen molar-refractivity contribution < 1.29 is 23.7 Å². The van der Waals surface area contributed by atoms with Gasteiger partial charge in [-0.15, -0.1) is 0 Å². The summed E-state index contributed by atoms with van der Waals surface area (Å²) >= 11 is 0. The fourth-order valence-corrected chi connectivity index (χ4v) is 2.77. The van der Waals surface area contributed by atoms with Crippen molar-refractivity contribution in [3.05, 3.63) is 78.4 Å². The number of hydrogen-bond donors (Lipinski definition) is 1. The van der Waals surface area contributed by atoms with Gasteiger partial charge in [0.05, 0.1) is 14.2 Å². The van der Waals surface area contributed by atoms with Gasteiger partial charge in [-0.05, 0) is 48.9 Å². The van der Waals surface area contributed by atoms with E-state index >= 15 is 0 Å². The lowest BCUT2D eigenvalue weighted by atomic mass is 10.2. The van der Waals surface area contributed by atoms with Crippen LogP contribution in [0.5, 0.6) is 23.0 Å². The van der Waals surface area contributed by atoms with Crippen molar-refractivity contribution in [3.63, 3.8) is 0 Å². The van der Waals surface area contributed by atoms with Crippen LogP contribution in [-0.2, 0) is 11.4 Å². The molecule has 0 heterocycles. The van der Waals surface area contributed by atoms with Crippen LogP contribution >= 0.6 is 0 Å². The molecule has 0 spiro atoms. The van der Waals surface area contributed by atoms with Crippen LogP contribution < -0.4 is 24.3 Å². The normalized spacial score (nSPS) is 11.3. The molecule has 0 bridgehead atoms. The molecule has 6 nitrogen and oxygen atoms in total. The zero-order valence-electron chi connectivity index (χ0n) is 17.3. The molecule has 0 saturated carbocycles. The third-order valence-corrected chi connectivity index (χ3v) is 4.41. The molecule has 3 rings (SSSR count). The lowest BCUT2D eigenvalue weighted by molar-refractivity contribution is -0.122. The molecule has 0 fully saturated rings. The molecule has 0 aliphatic heterocycles. The highest BCUT2D eigenvalue weighted by Crippen LogP contribution is 2.30. The SMILES string of the molecule is COc1ccc(NC(=O)C(C)Oc2ccc(OCc3ccccc3)cc2)cc1OC. The first-order chi connectivity index (χ1) is 14.6. The Morgan fingerprint density at radius 1 is 0.867 bits per heavy atom. The van der Waals surface area contributed by atoms with Crippen LogP contribution in [0.1, 0.15) is 12.5 Å². The minimum atomic E-state index is -0.686. The fourth-order valence-electron chi connectivity index (χ4n) is 2.77. The van der Waals surface area contributed by atoms with Crippen molar-refractivity contribution in [2.24, 2.45) is 0 Å². The predicted octanol–water partition coefficient (Wildman–Crippen LogP) is 4.69. The van der Waals surface area contributed by atoms with Crippen LogP contribution in [0.25, 0.3) is 0 Å². The average molecular weight is 407 g/mol. The van der Waals surface area contributed by atoms with Gasteiger partial charge in [-0.3, -0.25) is 4.79 Å². The molecule has 0 aliphatic carbocycles. The summed E-state index contributed by atoms with van der Waals surface area (Å²) in [6.45, 7) is 2.18. The van der Waals surface area contributed by atoms with Crippen molar-refractivity contribution in [1.29, 1.82) is 0 Å². The number of nitrogens with one attached hydrogen (secondary N) is 1. The summed E-state index contributed by atoms with van der Waals surface area (Å²) < 4.78 is 22.0. The number of ether oxygens (including phenoxy) is 4. The molecular weight excluding hydrogens is 382 g/mol. The number of methoxy groups -OCH3 is 2. The summed E-state index contributed by atoms with van der Waals surface area (Å²) in [5.41, 5.74) is 1.69. The van der Waals surface area contributed by atoms with E-state index in [9.17, 15) is 4.79 Å². The molecule has 1 N–H and O–H groups in total. The van der Waals surface area contributed by atoms with Crippen molar-refractivity contribution in [2.45, 2.75) is 19.6 Å². The Bertz CT molecular complexity index is 957. The topological polar surface area (TPSA) is 66.0 Å². The summed E-state index contributed by atoms with van der Waals surface area (Å²) in [6, 6.07) is 22.3. The summed E-state index contributed by atoms with van der Waals surface area (Å²) in [5.74, 6) is 2.17. The van der Waals surface area contributed by atoms with Crippen molar-refractivity contribution in [3.8, 4) is 23.0 Å². The molecule has 0 radical (unpaired) electrons. The van der Waals surface area contributed by atoms with E-state index in [4.69, 9.17) is 18.9 Å².